The first-order valence-electron chi connectivity index (χ1n) is 5.32. The van der Waals surface area contributed by atoms with Crippen molar-refractivity contribution in [3.05, 3.63) is 24.3 Å². The van der Waals surface area contributed by atoms with E-state index >= 15 is 0 Å². The molecule has 1 aliphatic heterocycles. The maximum Gasteiger partial charge on any atom is 0.235 e. The minimum Gasteiger partial charge on any atom is -0.486 e. The molecule has 1 aromatic carbocycles. The molecule has 0 amide bonds. The summed E-state index contributed by atoms with van der Waals surface area (Å²) in [5.74, 6) is 1.48. The molecule has 1 heterocycles. The van der Waals surface area contributed by atoms with Gasteiger partial charge in [-0.1, -0.05) is 12.1 Å². The fourth-order valence-electron chi connectivity index (χ4n) is 2.01. The summed E-state index contributed by atoms with van der Waals surface area (Å²) in [5, 5.41) is 0. The van der Waals surface area contributed by atoms with Crippen molar-refractivity contribution in [2.75, 3.05) is 6.61 Å². The molecule has 1 aliphatic carbocycles. The van der Waals surface area contributed by atoms with Crippen LogP contribution in [0.25, 0.3) is 0 Å². The Labute approximate surface area is 92.9 Å². The summed E-state index contributed by atoms with van der Waals surface area (Å²) in [5.41, 5.74) is -0.380. The Morgan fingerprint density at radius 2 is 2.06 bits per heavy atom. The monoisotopic (exact) mass is 217 g/mol. The summed E-state index contributed by atoms with van der Waals surface area (Å²) in [6, 6.07) is 7.53. The van der Waals surface area contributed by atoms with Crippen LogP contribution in [0.4, 0.5) is 0 Å². The minimum atomic E-state index is -0.380. The molecule has 0 bridgehead atoms. The van der Waals surface area contributed by atoms with Gasteiger partial charge in [0.2, 0.25) is 6.08 Å². The van der Waals surface area contributed by atoms with E-state index < -0.39 is 0 Å². The van der Waals surface area contributed by atoms with E-state index in [1.807, 2.05) is 24.3 Å². The molecule has 0 aromatic heterocycles. The van der Waals surface area contributed by atoms with Crippen LogP contribution in [0.3, 0.4) is 0 Å². The number of hydrogen-bond acceptors (Lipinski definition) is 4. The summed E-state index contributed by atoms with van der Waals surface area (Å²) >= 11 is 0. The standard InChI is InChI=1S/C12H11NO3/c14-8-13-12(5-6-12)11-7-15-9-3-1-2-4-10(9)16-11/h1-4,11H,5-7H2. The molecule has 1 aromatic rings. The molecular formula is C12H11NO3. The largest absolute Gasteiger partial charge is 0.486 e. The van der Waals surface area contributed by atoms with Crippen LogP contribution in [0.1, 0.15) is 12.8 Å². The van der Waals surface area contributed by atoms with E-state index in [2.05, 4.69) is 4.99 Å². The zero-order valence-electron chi connectivity index (χ0n) is 8.68. The van der Waals surface area contributed by atoms with Crippen molar-refractivity contribution >= 4 is 6.08 Å². The average molecular weight is 217 g/mol. The average Bonchev–Trinajstić information content (AvgIpc) is 3.10. The van der Waals surface area contributed by atoms with E-state index in [4.69, 9.17) is 9.47 Å². The maximum atomic E-state index is 10.4. The molecule has 1 atom stereocenters. The second-order valence-corrected chi connectivity index (χ2v) is 4.17. The lowest BCUT2D eigenvalue weighted by atomic mass is 10.1. The van der Waals surface area contributed by atoms with Crippen LogP contribution in [0.2, 0.25) is 0 Å². The fourth-order valence-corrected chi connectivity index (χ4v) is 2.01. The first kappa shape index (κ1) is 9.43. The van der Waals surface area contributed by atoms with Gasteiger partial charge in [-0.05, 0) is 25.0 Å². The number of nitrogens with zero attached hydrogens (tertiary/aromatic N) is 1. The highest BCUT2D eigenvalue weighted by Crippen LogP contribution is 2.46. The molecule has 1 fully saturated rings. The van der Waals surface area contributed by atoms with E-state index in [9.17, 15) is 4.79 Å². The molecule has 0 radical (unpaired) electrons. The summed E-state index contributed by atoms with van der Waals surface area (Å²) < 4.78 is 11.4. The predicted molar refractivity (Wildman–Crippen MR) is 56.4 cm³/mol. The van der Waals surface area contributed by atoms with E-state index in [0.717, 1.165) is 24.3 Å². The summed E-state index contributed by atoms with van der Waals surface area (Å²) in [7, 11) is 0. The van der Waals surface area contributed by atoms with Crippen LogP contribution in [0.15, 0.2) is 29.3 Å². The topological polar surface area (TPSA) is 47.9 Å². The number of rotatable bonds is 2. The second kappa shape index (κ2) is 3.35. The molecule has 16 heavy (non-hydrogen) atoms. The first-order chi connectivity index (χ1) is 7.84. The lowest BCUT2D eigenvalue weighted by Gasteiger charge is -2.29. The lowest BCUT2D eigenvalue weighted by Crippen LogP contribution is -2.40. The van der Waals surface area contributed by atoms with Gasteiger partial charge in [-0.25, -0.2) is 4.79 Å². The number of para-hydroxylation sites is 2. The van der Waals surface area contributed by atoms with Gasteiger partial charge in [0.25, 0.3) is 0 Å². The minimum absolute atomic E-state index is 0.163. The van der Waals surface area contributed by atoms with Crippen molar-refractivity contribution in [1.82, 2.24) is 0 Å². The van der Waals surface area contributed by atoms with Gasteiger partial charge in [0.1, 0.15) is 12.1 Å². The van der Waals surface area contributed by atoms with E-state index in [-0.39, 0.29) is 11.6 Å². The molecule has 82 valence electrons. The highest BCUT2D eigenvalue weighted by atomic mass is 16.6. The molecular weight excluding hydrogens is 206 g/mol. The van der Waals surface area contributed by atoms with Crippen LogP contribution in [-0.4, -0.2) is 24.3 Å². The van der Waals surface area contributed by atoms with Crippen molar-refractivity contribution in [3.63, 3.8) is 0 Å². The smallest absolute Gasteiger partial charge is 0.235 e. The SMILES string of the molecule is O=C=NC1(C2COc3ccccc3O2)CC1. The first-order valence-corrected chi connectivity index (χ1v) is 5.32. The number of ether oxygens (including phenoxy) is 2. The van der Waals surface area contributed by atoms with Crippen LogP contribution in [0.5, 0.6) is 11.5 Å². The Kier molecular flexibility index (Phi) is 1.98. The van der Waals surface area contributed by atoms with Gasteiger partial charge in [0.15, 0.2) is 17.6 Å². The lowest BCUT2D eigenvalue weighted by molar-refractivity contribution is 0.0660. The van der Waals surface area contributed by atoms with Crippen molar-refractivity contribution in [2.24, 2.45) is 4.99 Å². The number of hydrogen-bond donors (Lipinski definition) is 0. The molecule has 0 saturated heterocycles. The third-order valence-electron chi connectivity index (χ3n) is 3.14. The molecule has 4 heteroatoms. The fraction of sp³-hybridized carbons (Fsp3) is 0.417. The number of benzene rings is 1. The maximum absolute atomic E-state index is 10.4. The van der Waals surface area contributed by atoms with Gasteiger partial charge in [-0.2, -0.15) is 4.99 Å². The number of carbonyl (C=O) groups excluding carboxylic acids is 1. The Balaban J connectivity index is 1.86. The van der Waals surface area contributed by atoms with E-state index in [1.54, 1.807) is 6.08 Å². The molecule has 2 aliphatic rings. The Bertz CT molecular complexity index is 461. The van der Waals surface area contributed by atoms with Gasteiger partial charge in [0.05, 0.1) is 0 Å². The predicted octanol–water partition coefficient (Wildman–Crippen LogP) is 1.69. The molecule has 4 nitrogen and oxygen atoms in total. The third-order valence-corrected chi connectivity index (χ3v) is 3.14. The van der Waals surface area contributed by atoms with Crippen LogP contribution in [0, 0.1) is 0 Å². The van der Waals surface area contributed by atoms with Crippen molar-refractivity contribution in [2.45, 2.75) is 24.5 Å². The van der Waals surface area contributed by atoms with Crippen LogP contribution in [-0.2, 0) is 4.79 Å². The highest BCUT2D eigenvalue weighted by Gasteiger charge is 2.53. The number of aliphatic imine (C=N–C) groups is 1. The van der Waals surface area contributed by atoms with Crippen LogP contribution >= 0.6 is 0 Å². The molecule has 3 rings (SSSR count). The zero-order chi connectivity index (χ0) is 11.0. The zero-order valence-corrected chi connectivity index (χ0v) is 8.68. The third kappa shape index (κ3) is 1.39. The van der Waals surface area contributed by atoms with Gasteiger partial charge < -0.3 is 9.47 Å². The number of fused-ring (bicyclic) bond motifs is 1. The Morgan fingerprint density at radius 3 is 2.75 bits per heavy atom. The molecule has 0 spiro atoms. The van der Waals surface area contributed by atoms with Crippen molar-refractivity contribution in [1.29, 1.82) is 0 Å². The normalized spacial score (nSPS) is 24.4. The van der Waals surface area contributed by atoms with Gasteiger partial charge in [-0.15, -0.1) is 0 Å². The second-order valence-electron chi connectivity index (χ2n) is 4.17. The van der Waals surface area contributed by atoms with E-state index in [0.29, 0.717) is 6.61 Å². The number of isocyanates is 1. The molecule has 1 unspecified atom stereocenters. The molecule has 1 saturated carbocycles. The van der Waals surface area contributed by atoms with Gasteiger partial charge in [0, 0.05) is 0 Å². The summed E-state index contributed by atoms with van der Waals surface area (Å²) in [4.78, 5) is 14.2. The molecule has 0 N–H and O–H groups in total. The van der Waals surface area contributed by atoms with Crippen molar-refractivity contribution in [3.8, 4) is 11.5 Å². The highest BCUT2D eigenvalue weighted by molar-refractivity contribution is 5.42. The summed E-state index contributed by atoms with van der Waals surface area (Å²) in [6.07, 6.45) is 3.21. The van der Waals surface area contributed by atoms with Gasteiger partial charge in [-0.3, -0.25) is 0 Å². The van der Waals surface area contributed by atoms with E-state index in [1.165, 1.54) is 0 Å². The summed E-state index contributed by atoms with van der Waals surface area (Å²) in [6.45, 7) is 0.447. The van der Waals surface area contributed by atoms with Crippen LogP contribution < -0.4 is 9.47 Å². The Hall–Kier alpha value is -1.80. The van der Waals surface area contributed by atoms with Gasteiger partial charge >= 0.3 is 0 Å². The van der Waals surface area contributed by atoms with Crippen molar-refractivity contribution < 1.29 is 14.3 Å². The quantitative estimate of drug-likeness (QED) is 0.559. The Morgan fingerprint density at radius 1 is 1.31 bits per heavy atom.